The van der Waals surface area contributed by atoms with Gasteiger partial charge >= 0.3 is 0 Å². The molecule has 34 heavy (non-hydrogen) atoms. The highest BCUT2D eigenvalue weighted by Gasteiger charge is 2.36. The highest BCUT2D eigenvalue weighted by atomic mass is 16.3. The number of carbonyl (C=O) groups is 1. The molecule has 194 valence electrons. The number of unbranched alkanes of at least 4 members (excludes halogenated alkanes) is 12. The molecule has 3 atom stereocenters. The van der Waals surface area contributed by atoms with Crippen LogP contribution in [-0.2, 0) is 4.79 Å². The number of piperidine rings is 1. The van der Waals surface area contributed by atoms with Crippen molar-refractivity contribution in [2.24, 2.45) is 5.92 Å². The van der Waals surface area contributed by atoms with Crippen molar-refractivity contribution in [2.75, 3.05) is 11.4 Å². The van der Waals surface area contributed by atoms with E-state index in [4.69, 9.17) is 0 Å². The fourth-order valence-corrected chi connectivity index (χ4v) is 5.37. The van der Waals surface area contributed by atoms with E-state index in [0.717, 1.165) is 44.3 Å². The minimum atomic E-state index is -0.381. The number of amides is 1. The predicted octanol–water partition coefficient (Wildman–Crippen LogP) is 7.60. The van der Waals surface area contributed by atoms with Crippen LogP contribution in [0.4, 0.5) is 5.69 Å². The van der Waals surface area contributed by atoms with Gasteiger partial charge in [-0.25, -0.2) is 0 Å². The van der Waals surface area contributed by atoms with Gasteiger partial charge in [0.2, 0.25) is 5.91 Å². The summed E-state index contributed by atoms with van der Waals surface area (Å²) in [5.74, 6) is 0.207. The van der Waals surface area contributed by atoms with E-state index < -0.39 is 0 Å². The highest BCUT2D eigenvalue weighted by molar-refractivity contribution is 5.76. The first kappa shape index (κ1) is 28.7. The Labute approximate surface area is 209 Å². The number of aliphatic hydroxyl groups excluding tert-OH is 1. The Hall–Kier alpha value is -1.55. The third-order valence-corrected chi connectivity index (χ3v) is 7.49. The molecule has 2 N–H and O–H groups in total. The van der Waals surface area contributed by atoms with Crippen LogP contribution in [0.3, 0.4) is 0 Å². The standard InChI is InChI=1S/C30H52N2O2/c1-3-5-6-7-8-9-10-11-12-13-14-15-19-24-29(34)31-30-27(28(33)4-2)23-20-25-32(30)26-21-17-16-18-22-26/h16-18,21-22,27-28,30,33H,3-15,19-20,23-25H2,1-2H3,(H,31,34). The molecule has 0 bridgehead atoms. The van der Waals surface area contributed by atoms with E-state index in [-0.39, 0.29) is 24.1 Å². The monoisotopic (exact) mass is 472 g/mol. The zero-order chi connectivity index (χ0) is 24.4. The van der Waals surface area contributed by atoms with Crippen LogP contribution in [0.1, 0.15) is 123 Å². The topological polar surface area (TPSA) is 52.6 Å². The molecular weight excluding hydrogens is 420 g/mol. The van der Waals surface area contributed by atoms with E-state index in [1.807, 2.05) is 25.1 Å². The zero-order valence-electron chi connectivity index (χ0n) is 22.1. The summed E-state index contributed by atoms with van der Waals surface area (Å²) in [5, 5.41) is 14.0. The Kier molecular flexibility index (Phi) is 15.0. The average molecular weight is 473 g/mol. The first-order chi connectivity index (χ1) is 16.7. The Bertz CT molecular complexity index is 636. The molecule has 0 radical (unpaired) electrons. The van der Waals surface area contributed by atoms with Gasteiger partial charge in [-0.1, -0.05) is 109 Å². The van der Waals surface area contributed by atoms with E-state index in [0.29, 0.717) is 6.42 Å². The van der Waals surface area contributed by atoms with Crippen molar-refractivity contribution in [3.05, 3.63) is 30.3 Å². The van der Waals surface area contributed by atoms with E-state index in [1.165, 1.54) is 70.6 Å². The van der Waals surface area contributed by atoms with Crippen molar-refractivity contribution in [1.29, 1.82) is 0 Å². The van der Waals surface area contributed by atoms with Crippen LogP contribution in [0, 0.1) is 5.92 Å². The first-order valence-corrected chi connectivity index (χ1v) is 14.5. The lowest BCUT2D eigenvalue weighted by Crippen LogP contribution is -2.58. The number of carbonyl (C=O) groups excluding carboxylic acids is 1. The number of rotatable bonds is 18. The normalized spacial score (nSPS) is 19.2. The summed E-state index contributed by atoms with van der Waals surface area (Å²) in [6.45, 7) is 5.22. The van der Waals surface area contributed by atoms with Crippen LogP contribution in [0.15, 0.2) is 30.3 Å². The smallest absolute Gasteiger partial charge is 0.221 e. The summed E-state index contributed by atoms with van der Waals surface area (Å²) >= 11 is 0. The number of hydrogen-bond acceptors (Lipinski definition) is 3. The quantitative estimate of drug-likeness (QED) is 0.216. The van der Waals surface area contributed by atoms with E-state index in [9.17, 15) is 9.90 Å². The fourth-order valence-electron chi connectivity index (χ4n) is 5.37. The summed E-state index contributed by atoms with van der Waals surface area (Å²) < 4.78 is 0. The SMILES string of the molecule is CCCCCCCCCCCCCCCC(=O)NC1C(C(O)CC)CCCN1c1ccccc1. The third-order valence-electron chi connectivity index (χ3n) is 7.49. The van der Waals surface area contributed by atoms with Gasteiger partial charge in [-0.05, 0) is 37.8 Å². The second kappa shape index (κ2) is 17.8. The Balaban J connectivity index is 1.64. The number of nitrogens with zero attached hydrogens (tertiary/aromatic N) is 1. The van der Waals surface area contributed by atoms with Gasteiger partial charge in [0.15, 0.2) is 0 Å². The van der Waals surface area contributed by atoms with Gasteiger partial charge < -0.3 is 15.3 Å². The molecule has 1 amide bonds. The molecule has 1 heterocycles. The predicted molar refractivity (Wildman–Crippen MR) is 145 cm³/mol. The lowest BCUT2D eigenvalue weighted by atomic mass is 9.87. The van der Waals surface area contributed by atoms with Crippen LogP contribution in [0.25, 0.3) is 0 Å². The molecule has 0 aromatic heterocycles. The Morgan fingerprint density at radius 3 is 2.03 bits per heavy atom. The average Bonchev–Trinajstić information content (AvgIpc) is 2.87. The Morgan fingerprint density at radius 2 is 1.47 bits per heavy atom. The lowest BCUT2D eigenvalue weighted by Gasteiger charge is -2.44. The Morgan fingerprint density at radius 1 is 0.912 bits per heavy atom. The summed E-state index contributed by atoms with van der Waals surface area (Å²) in [6, 6.07) is 10.3. The molecule has 0 aliphatic carbocycles. The van der Waals surface area contributed by atoms with Crippen molar-refractivity contribution in [1.82, 2.24) is 5.32 Å². The summed E-state index contributed by atoms with van der Waals surface area (Å²) in [7, 11) is 0. The summed E-state index contributed by atoms with van der Waals surface area (Å²) in [4.78, 5) is 15.1. The summed E-state index contributed by atoms with van der Waals surface area (Å²) in [6.07, 6.45) is 19.9. The number of aliphatic hydroxyl groups is 1. The van der Waals surface area contributed by atoms with E-state index in [1.54, 1.807) is 0 Å². The van der Waals surface area contributed by atoms with Gasteiger partial charge in [0.25, 0.3) is 0 Å². The maximum Gasteiger partial charge on any atom is 0.221 e. The molecule has 4 nitrogen and oxygen atoms in total. The number of benzene rings is 1. The number of para-hydroxylation sites is 1. The lowest BCUT2D eigenvalue weighted by molar-refractivity contribution is -0.122. The van der Waals surface area contributed by atoms with Crippen molar-refractivity contribution >= 4 is 11.6 Å². The van der Waals surface area contributed by atoms with Crippen molar-refractivity contribution in [2.45, 2.75) is 135 Å². The minimum absolute atomic E-state index is 0.0783. The fraction of sp³-hybridized carbons (Fsp3) is 0.767. The summed E-state index contributed by atoms with van der Waals surface area (Å²) in [5.41, 5.74) is 1.13. The number of anilines is 1. The van der Waals surface area contributed by atoms with Gasteiger partial charge in [0.05, 0.1) is 6.10 Å². The van der Waals surface area contributed by atoms with Crippen molar-refractivity contribution < 1.29 is 9.90 Å². The van der Waals surface area contributed by atoms with E-state index in [2.05, 4.69) is 29.3 Å². The van der Waals surface area contributed by atoms with Gasteiger partial charge in [-0.3, -0.25) is 4.79 Å². The second-order valence-electron chi connectivity index (χ2n) is 10.3. The maximum atomic E-state index is 12.8. The first-order valence-electron chi connectivity index (χ1n) is 14.5. The molecular formula is C30H52N2O2. The van der Waals surface area contributed by atoms with Crippen LogP contribution in [-0.4, -0.2) is 29.8 Å². The molecule has 1 aromatic carbocycles. The molecule has 1 aliphatic heterocycles. The van der Waals surface area contributed by atoms with Gasteiger partial charge in [-0.15, -0.1) is 0 Å². The molecule has 2 rings (SSSR count). The molecule has 1 aromatic rings. The maximum absolute atomic E-state index is 12.8. The van der Waals surface area contributed by atoms with Gasteiger partial charge in [0.1, 0.15) is 6.17 Å². The van der Waals surface area contributed by atoms with Crippen LogP contribution >= 0.6 is 0 Å². The zero-order valence-corrected chi connectivity index (χ0v) is 22.1. The minimum Gasteiger partial charge on any atom is -0.393 e. The van der Waals surface area contributed by atoms with Crippen molar-refractivity contribution in [3.63, 3.8) is 0 Å². The largest absolute Gasteiger partial charge is 0.393 e. The molecule has 3 unspecified atom stereocenters. The highest BCUT2D eigenvalue weighted by Crippen LogP contribution is 2.30. The van der Waals surface area contributed by atoms with Gasteiger partial charge in [-0.2, -0.15) is 0 Å². The number of hydrogen-bond donors (Lipinski definition) is 2. The van der Waals surface area contributed by atoms with Crippen LogP contribution in [0.5, 0.6) is 0 Å². The van der Waals surface area contributed by atoms with E-state index >= 15 is 0 Å². The van der Waals surface area contributed by atoms with Gasteiger partial charge in [0, 0.05) is 24.6 Å². The molecule has 1 aliphatic rings. The second-order valence-corrected chi connectivity index (χ2v) is 10.3. The molecule has 0 saturated carbocycles. The molecule has 4 heteroatoms. The third kappa shape index (κ3) is 10.8. The van der Waals surface area contributed by atoms with Crippen LogP contribution in [0.2, 0.25) is 0 Å². The molecule has 1 saturated heterocycles. The van der Waals surface area contributed by atoms with Crippen molar-refractivity contribution in [3.8, 4) is 0 Å². The number of nitrogens with one attached hydrogen (secondary N) is 1. The molecule has 1 fully saturated rings. The molecule has 0 spiro atoms. The van der Waals surface area contributed by atoms with Crippen LogP contribution < -0.4 is 10.2 Å².